The SMILES string of the molecule is COC(=O)c1cc(NC(=O)c2csc(-c3ccsc3)n2)cc(C(=O)OC)c1. The van der Waals surface area contributed by atoms with Crippen molar-refractivity contribution in [1.29, 1.82) is 0 Å². The van der Waals surface area contributed by atoms with E-state index in [0.29, 0.717) is 0 Å². The minimum Gasteiger partial charge on any atom is -0.465 e. The Bertz CT molecular complexity index is 961. The minimum atomic E-state index is -0.635. The number of thiophene rings is 1. The van der Waals surface area contributed by atoms with E-state index in [2.05, 4.69) is 19.8 Å². The molecule has 3 aromatic rings. The van der Waals surface area contributed by atoms with Gasteiger partial charge in [0.15, 0.2) is 0 Å². The topological polar surface area (TPSA) is 94.6 Å². The van der Waals surface area contributed by atoms with Crippen LogP contribution < -0.4 is 5.32 Å². The van der Waals surface area contributed by atoms with E-state index >= 15 is 0 Å². The molecule has 0 aliphatic rings. The standard InChI is InChI=1S/C18H14N2O5S2/c1-24-17(22)11-5-12(18(23)25-2)7-13(6-11)19-15(21)14-9-27-16(20-14)10-3-4-26-8-10/h3-9H,1-2H3,(H,19,21). The lowest BCUT2D eigenvalue weighted by molar-refractivity contribution is 0.0599. The number of aromatic nitrogens is 1. The van der Waals surface area contributed by atoms with Crippen molar-refractivity contribution >= 4 is 46.2 Å². The van der Waals surface area contributed by atoms with Crippen molar-refractivity contribution in [2.24, 2.45) is 0 Å². The van der Waals surface area contributed by atoms with Gasteiger partial charge in [0.2, 0.25) is 0 Å². The van der Waals surface area contributed by atoms with Gasteiger partial charge in [-0.2, -0.15) is 11.3 Å². The van der Waals surface area contributed by atoms with Gasteiger partial charge in [-0.25, -0.2) is 14.6 Å². The largest absolute Gasteiger partial charge is 0.465 e. The summed E-state index contributed by atoms with van der Waals surface area (Å²) in [6.45, 7) is 0. The number of hydrogen-bond acceptors (Lipinski definition) is 8. The summed E-state index contributed by atoms with van der Waals surface area (Å²) < 4.78 is 9.36. The number of nitrogens with zero attached hydrogens (tertiary/aromatic N) is 1. The predicted octanol–water partition coefficient (Wildman–Crippen LogP) is 3.70. The molecular formula is C18H14N2O5S2. The number of thiazole rings is 1. The zero-order valence-corrected chi connectivity index (χ0v) is 16.0. The number of rotatable bonds is 5. The number of nitrogens with one attached hydrogen (secondary N) is 1. The molecule has 0 atom stereocenters. The quantitative estimate of drug-likeness (QED) is 0.654. The predicted molar refractivity (Wildman–Crippen MR) is 103 cm³/mol. The Kier molecular flexibility index (Phi) is 5.63. The Hall–Kier alpha value is -3.04. The zero-order valence-electron chi connectivity index (χ0n) is 14.3. The molecule has 7 nitrogen and oxygen atoms in total. The maximum atomic E-state index is 12.5. The highest BCUT2D eigenvalue weighted by Crippen LogP contribution is 2.26. The molecule has 1 aromatic carbocycles. The Morgan fingerprint density at radius 2 is 1.67 bits per heavy atom. The Labute approximate surface area is 162 Å². The first kappa shape index (κ1) is 18.7. The molecule has 2 aromatic heterocycles. The number of amides is 1. The van der Waals surface area contributed by atoms with E-state index in [9.17, 15) is 14.4 Å². The molecule has 0 saturated heterocycles. The Morgan fingerprint density at radius 3 is 2.22 bits per heavy atom. The van der Waals surface area contributed by atoms with Crippen LogP contribution in [0.4, 0.5) is 5.69 Å². The summed E-state index contributed by atoms with van der Waals surface area (Å²) in [4.78, 5) is 40.5. The molecule has 0 aliphatic heterocycles. The Morgan fingerprint density at radius 1 is 1.00 bits per heavy atom. The van der Waals surface area contributed by atoms with Crippen LogP contribution in [0, 0.1) is 0 Å². The van der Waals surface area contributed by atoms with Gasteiger partial charge >= 0.3 is 11.9 Å². The molecule has 0 spiro atoms. The van der Waals surface area contributed by atoms with Crippen LogP contribution >= 0.6 is 22.7 Å². The number of carbonyl (C=O) groups is 3. The van der Waals surface area contributed by atoms with Crippen LogP contribution in [0.2, 0.25) is 0 Å². The summed E-state index contributed by atoms with van der Waals surface area (Å²) in [5.74, 6) is -1.72. The van der Waals surface area contributed by atoms with Crippen molar-refractivity contribution in [3.8, 4) is 10.6 Å². The number of benzene rings is 1. The molecule has 0 radical (unpaired) electrons. The molecule has 9 heteroatoms. The van der Waals surface area contributed by atoms with Crippen LogP contribution in [0.25, 0.3) is 10.6 Å². The maximum absolute atomic E-state index is 12.5. The first-order valence-electron chi connectivity index (χ1n) is 7.63. The van der Waals surface area contributed by atoms with Crippen molar-refractivity contribution in [3.63, 3.8) is 0 Å². The molecule has 3 rings (SSSR count). The fourth-order valence-corrected chi connectivity index (χ4v) is 3.78. The van der Waals surface area contributed by atoms with E-state index in [-0.39, 0.29) is 22.5 Å². The normalized spacial score (nSPS) is 10.3. The van der Waals surface area contributed by atoms with E-state index in [4.69, 9.17) is 0 Å². The summed E-state index contributed by atoms with van der Waals surface area (Å²) in [7, 11) is 2.46. The lowest BCUT2D eigenvalue weighted by atomic mass is 10.1. The summed E-state index contributed by atoms with van der Waals surface area (Å²) >= 11 is 2.90. The molecule has 1 amide bonds. The molecular weight excluding hydrogens is 388 g/mol. The number of carbonyl (C=O) groups excluding carboxylic acids is 3. The number of anilines is 1. The van der Waals surface area contributed by atoms with E-state index in [1.54, 1.807) is 16.7 Å². The Balaban J connectivity index is 1.86. The highest BCUT2D eigenvalue weighted by Gasteiger charge is 2.17. The molecule has 0 saturated carbocycles. The second-order valence-corrected chi connectivity index (χ2v) is 6.92. The van der Waals surface area contributed by atoms with Gasteiger partial charge in [0.25, 0.3) is 5.91 Å². The summed E-state index contributed by atoms with van der Waals surface area (Å²) in [5.41, 5.74) is 1.68. The highest BCUT2D eigenvalue weighted by atomic mass is 32.1. The molecule has 0 fully saturated rings. The lowest BCUT2D eigenvalue weighted by Crippen LogP contribution is -2.14. The molecule has 0 unspecified atom stereocenters. The van der Waals surface area contributed by atoms with Crippen molar-refractivity contribution in [2.75, 3.05) is 19.5 Å². The molecule has 0 bridgehead atoms. The average molecular weight is 402 g/mol. The van der Waals surface area contributed by atoms with Crippen LogP contribution in [-0.4, -0.2) is 37.0 Å². The summed E-state index contributed by atoms with van der Waals surface area (Å²) in [6.07, 6.45) is 0. The second kappa shape index (κ2) is 8.11. The molecule has 1 N–H and O–H groups in total. The number of hydrogen-bond donors (Lipinski definition) is 1. The van der Waals surface area contributed by atoms with E-state index in [1.807, 2.05) is 16.8 Å². The maximum Gasteiger partial charge on any atom is 0.337 e. The monoisotopic (exact) mass is 402 g/mol. The van der Waals surface area contributed by atoms with Crippen molar-refractivity contribution in [3.05, 3.63) is 57.2 Å². The van der Waals surface area contributed by atoms with Crippen LogP contribution in [0.1, 0.15) is 31.2 Å². The summed E-state index contributed by atoms with van der Waals surface area (Å²) in [5, 5.41) is 8.91. The third-order valence-corrected chi connectivity index (χ3v) is 5.11. The van der Waals surface area contributed by atoms with Crippen molar-refractivity contribution in [1.82, 2.24) is 4.98 Å². The van der Waals surface area contributed by atoms with E-state index < -0.39 is 17.8 Å². The fourth-order valence-electron chi connectivity index (χ4n) is 2.26. The van der Waals surface area contributed by atoms with Gasteiger partial charge in [-0.3, -0.25) is 4.79 Å². The minimum absolute atomic E-state index is 0.118. The third-order valence-electron chi connectivity index (χ3n) is 3.54. The lowest BCUT2D eigenvalue weighted by Gasteiger charge is -2.08. The summed E-state index contributed by atoms with van der Waals surface area (Å²) in [6, 6.07) is 6.10. The zero-order chi connectivity index (χ0) is 19.4. The third kappa shape index (κ3) is 4.21. The van der Waals surface area contributed by atoms with E-state index in [0.717, 1.165) is 10.6 Å². The number of ether oxygens (including phenoxy) is 2. The van der Waals surface area contributed by atoms with Crippen molar-refractivity contribution < 1.29 is 23.9 Å². The second-order valence-electron chi connectivity index (χ2n) is 5.29. The van der Waals surface area contributed by atoms with Crippen molar-refractivity contribution in [2.45, 2.75) is 0 Å². The highest BCUT2D eigenvalue weighted by molar-refractivity contribution is 7.14. The van der Waals surface area contributed by atoms with Crippen LogP contribution in [0.3, 0.4) is 0 Å². The first-order chi connectivity index (χ1) is 13.0. The van der Waals surface area contributed by atoms with Crippen LogP contribution in [-0.2, 0) is 9.47 Å². The van der Waals surface area contributed by atoms with Crippen LogP contribution in [0.15, 0.2) is 40.4 Å². The van der Waals surface area contributed by atoms with Gasteiger partial charge in [-0.1, -0.05) is 0 Å². The van der Waals surface area contributed by atoms with Gasteiger partial charge in [-0.05, 0) is 29.6 Å². The number of methoxy groups -OCH3 is 2. The average Bonchev–Trinajstić information content (AvgIpc) is 3.37. The van der Waals surface area contributed by atoms with Gasteiger partial charge in [0.05, 0.1) is 25.3 Å². The molecule has 138 valence electrons. The van der Waals surface area contributed by atoms with Gasteiger partial charge in [0.1, 0.15) is 10.7 Å². The van der Waals surface area contributed by atoms with E-state index in [1.165, 1.54) is 43.8 Å². The molecule has 2 heterocycles. The smallest absolute Gasteiger partial charge is 0.337 e. The fraction of sp³-hybridized carbons (Fsp3) is 0.111. The van der Waals surface area contributed by atoms with Gasteiger partial charge in [0, 0.05) is 22.0 Å². The molecule has 0 aliphatic carbocycles. The van der Waals surface area contributed by atoms with Gasteiger partial charge < -0.3 is 14.8 Å². The van der Waals surface area contributed by atoms with Crippen LogP contribution in [0.5, 0.6) is 0 Å². The number of esters is 2. The first-order valence-corrected chi connectivity index (χ1v) is 9.45. The molecule has 27 heavy (non-hydrogen) atoms. The van der Waals surface area contributed by atoms with Gasteiger partial charge in [-0.15, -0.1) is 11.3 Å².